The third-order valence-corrected chi connectivity index (χ3v) is 4.07. The van der Waals surface area contributed by atoms with Crippen molar-refractivity contribution in [1.29, 1.82) is 0 Å². The van der Waals surface area contributed by atoms with Crippen molar-refractivity contribution in [1.82, 2.24) is 5.32 Å². The van der Waals surface area contributed by atoms with Gasteiger partial charge < -0.3 is 32.1 Å². The van der Waals surface area contributed by atoms with Crippen LogP contribution in [0.4, 0.5) is 0 Å². The molecule has 0 aromatic carbocycles. The lowest BCUT2D eigenvalue weighted by molar-refractivity contribution is -0.143. The summed E-state index contributed by atoms with van der Waals surface area (Å²) in [6.45, 7) is 2.71. The number of rotatable bonds is 16. The minimum Gasteiger partial charge on any atom is -0.481 e. The van der Waals surface area contributed by atoms with Gasteiger partial charge in [-0.3, -0.25) is 14.4 Å². The van der Waals surface area contributed by atoms with Crippen LogP contribution in [0.15, 0.2) is 0 Å². The van der Waals surface area contributed by atoms with Crippen LogP contribution in [0.2, 0.25) is 0 Å². The Morgan fingerprint density at radius 2 is 1.45 bits per heavy atom. The van der Waals surface area contributed by atoms with Crippen LogP contribution in [-0.2, 0) is 19.2 Å². The van der Waals surface area contributed by atoms with Crippen LogP contribution >= 0.6 is 0 Å². The number of carbonyl (C=O) groups is 4. The molecule has 0 saturated carbocycles. The van der Waals surface area contributed by atoms with Crippen LogP contribution < -0.4 is 16.8 Å². The standard InChI is InChI=1S/C13H23NO5.C6H14N2O2/c1-2-3-4-5-6-7-11(15)14-10(13(18)19)8-9-12(16)17;7-4-2-1-3-5(8)6(9)10/h10H,2-9H2,1H3,(H,14,15)(H,16,17)(H,18,19);5H,1-4,7-8H2,(H,9,10). The summed E-state index contributed by atoms with van der Waals surface area (Å²) in [5, 5.41) is 28.1. The van der Waals surface area contributed by atoms with Gasteiger partial charge in [0.2, 0.25) is 5.91 Å². The van der Waals surface area contributed by atoms with Gasteiger partial charge in [0.05, 0.1) is 0 Å². The van der Waals surface area contributed by atoms with E-state index in [1.807, 2.05) is 0 Å². The summed E-state index contributed by atoms with van der Waals surface area (Å²) in [4.78, 5) is 42.9. The van der Waals surface area contributed by atoms with Crippen molar-refractivity contribution in [2.75, 3.05) is 6.54 Å². The number of nitrogens with one attached hydrogen (secondary N) is 1. The third-order valence-electron chi connectivity index (χ3n) is 4.07. The zero-order valence-corrected chi connectivity index (χ0v) is 17.3. The Bertz CT molecular complexity index is 486. The Morgan fingerprint density at radius 1 is 0.828 bits per heavy atom. The minimum absolute atomic E-state index is 0.0910. The number of amides is 1. The average Bonchev–Trinajstić information content (AvgIpc) is 2.65. The van der Waals surface area contributed by atoms with Gasteiger partial charge in [-0.15, -0.1) is 0 Å². The highest BCUT2D eigenvalue weighted by molar-refractivity contribution is 5.83. The quantitative estimate of drug-likeness (QED) is 0.200. The topological polar surface area (TPSA) is 193 Å². The normalized spacial score (nSPS) is 12.2. The van der Waals surface area contributed by atoms with Gasteiger partial charge in [0.25, 0.3) is 0 Å². The highest BCUT2D eigenvalue weighted by atomic mass is 16.4. The Balaban J connectivity index is 0. The van der Waals surface area contributed by atoms with E-state index < -0.39 is 30.0 Å². The van der Waals surface area contributed by atoms with Gasteiger partial charge in [-0.2, -0.15) is 0 Å². The van der Waals surface area contributed by atoms with Crippen molar-refractivity contribution in [3.63, 3.8) is 0 Å². The van der Waals surface area contributed by atoms with Crippen molar-refractivity contribution in [2.45, 2.75) is 89.6 Å². The lowest BCUT2D eigenvalue weighted by Gasteiger charge is -2.13. The Kier molecular flexibility index (Phi) is 19.1. The minimum atomic E-state index is -1.19. The van der Waals surface area contributed by atoms with Crippen LogP contribution in [0, 0.1) is 0 Å². The van der Waals surface area contributed by atoms with Crippen molar-refractivity contribution in [2.24, 2.45) is 11.5 Å². The van der Waals surface area contributed by atoms with Gasteiger partial charge in [0.15, 0.2) is 0 Å². The molecule has 2 unspecified atom stereocenters. The second kappa shape index (κ2) is 19.1. The fourth-order valence-electron chi connectivity index (χ4n) is 2.31. The van der Waals surface area contributed by atoms with E-state index in [2.05, 4.69) is 12.2 Å². The largest absolute Gasteiger partial charge is 0.481 e. The molecule has 0 rings (SSSR count). The fourth-order valence-corrected chi connectivity index (χ4v) is 2.31. The number of hydrogen-bond donors (Lipinski definition) is 6. The van der Waals surface area contributed by atoms with Crippen LogP contribution in [0.25, 0.3) is 0 Å². The molecule has 0 bridgehead atoms. The van der Waals surface area contributed by atoms with Crippen LogP contribution in [0.1, 0.15) is 77.6 Å². The fraction of sp³-hybridized carbons (Fsp3) is 0.789. The molecule has 0 spiro atoms. The molecule has 0 aromatic heterocycles. The Morgan fingerprint density at radius 3 is 1.93 bits per heavy atom. The van der Waals surface area contributed by atoms with E-state index in [1.54, 1.807) is 0 Å². The maximum atomic E-state index is 11.5. The van der Waals surface area contributed by atoms with Crippen LogP contribution in [-0.4, -0.2) is 57.8 Å². The predicted molar refractivity (Wildman–Crippen MR) is 108 cm³/mol. The molecule has 0 saturated heterocycles. The highest BCUT2D eigenvalue weighted by Crippen LogP contribution is 2.06. The van der Waals surface area contributed by atoms with E-state index in [0.717, 1.165) is 44.9 Å². The molecule has 8 N–H and O–H groups in total. The van der Waals surface area contributed by atoms with Crippen molar-refractivity contribution in [3.05, 3.63) is 0 Å². The van der Waals surface area contributed by atoms with Gasteiger partial charge in [0.1, 0.15) is 12.1 Å². The highest BCUT2D eigenvalue weighted by Gasteiger charge is 2.20. The number of nitrogens with two attached hydrogens (primary N) is 2. The zero-order valence-electron chi connectivity index (χ0n) is 17.3. The average molecular weight is 420 g/mol. The number of aliphatic carboxylic acids is 3. The monoisotopic (exact) mass is 419 g/mol. The van der Waals surface area contributed by atoms with E-state index in [1.165, 1.54) is 0 Å². The Hall–Kier alpha value is -2.20. The summed E-state index contributed by atoms with van der Waals surface area (Å²) in [7, 11) is 0. The maximum absolute atomic E-state index is 11.5. The number of hydrogen-bond acceptors (Lipinski definition) is 6. The molecule has 29 heavy (non-hydrogen) atoms. The lowest BCUT2D eigenvalue weighted by atomic mass is 10.1. The molecule has 0 aliphatic heterocycles. The second-order valence-corrected chi connectivity index (χ2v) is 6.78. The van der Waals surface area contributed by atoms with E-state index in [-0.39, 0.29) is 18.7 Å². The third kappa shape index (κ3) is 20.3. The van der Waals surface area contributed by atoms with E-state index in [0.29, 0.717) is 19.4 Å². The maximum Gasteiger partial charge on any atom is 0.326 e. The summed E-state index contributed by atoms with van der Waals surface area (Å²) in [5.41, 5.74) is 10.4. The van der Waals surface area contributed by atoms with Gasteiger partial charge in [-0.1, -0.05) is 39.0 Å². The summed E-state index contributed by atoms with van der Waals surface area (Å²) in [6, 6.07) is -1.83. The van der Waals surface area contributed by atoms with Gasteiger partial charge in [-0.05, 0) is 32.2 Å². The first-order chi connectivity index (χ1) is 13.6. The lowest BCUT2D eigenvalue weighted by Crippen LogP contribution is -2.41. The summed E-state index contributed by atoms with van der Waals surface area (Å²) < 4.78 is 0. The SMILES string of the molecule is CCCCCCCC(=O)NC(CCC(=O)O)C(=O)O.NCCCCC(N)C(=O)O. The molecule has 0 fully saturated rings. The van der Waals surface area contributed by atoms with Gasteiger partial charge in [-0.25, -0.2) is 4.79 Å². The van der Waals surface area contributed by atoms with Crippen LogP contribution in [0.3, 0.4) is 0 Å². The number of carboxylic acids is 3. The first-order valence-electron chi connectivity index (χ1n) is 10.1. The zero-order chi connectivity index (χ0) is 22.7. The molecule has 170 valence electrons. The number of carboxylic acid groups (broad SMARTS) is 3. The van der Waals surface area contributed by atoms with Crippen molar-refractivity contribution >= 4 is 23.8 Å². The smallest absolute Gasteiger partial charge is 0.326 e. The molecular weight excluding hydrogens is 382 g/mol. The second-order valence-electron chi connectivity index (χ2n) is 6.78. The first kappa shape index (κ1) is 29.0. The molecule has 0 radical (unpaired) electrons. The molecule has 10 nitrogen and oxygen atoms in total. The van der Waals surface area contributed by atoms with Crippen molar-refractivity contribution in [3.8, 4) is 0 Å². The molecular formula is C19H37N3O7. The molecule has 2 atom stereocenters. The first-order valence-corrected chi connectivity index (χ1v) is 10.1. The molecule has 0 aliphatic rings. The molecule has 0 aromatic rings. The van der Waals surface area contributed by atoms with Gasteiger partial charge in [0, 0.05) is 12.8 Å². The van der Waals surface area contributed by atoms with E-state index in [9.17, 15) is 19.2 Å². The van der Waals surface area contributed by atoms with E-state index >= 15 is 0 Å². The van der Waals surface area contributed by atoms with Gasteiger partial charge >= 0.3 is 17.9 Å². The predicted octanol–water partition coefficient (Wildman–Crippen LogP) is 1.31. The summed E-state index contributed by atoms with van der Waals surface area (Å²) in [6.07, 6.45) is 7.12. The number of carbonyl (C=O) groups excluding carboxylic acids is 1. The van der Waals surface area contributed by atoms with E-state index in [4.69, 9.17) is 26.8 Å². The molecule has 0 aliphatic carbocycles. The number of unbranched alkanes of at least 4 members (excludes halogenated alkanes) is 5. The molecule has 1 amide bonds. The summed E-state index contributed by atoms with van der Waals surface area (Å²) >= 11 is 0. The molecule has 0 heterocycles. The molecule has 10 heteroatoms. The van der Waals surface area contributed by atoms with Crippen molar-refractivity contribution < 1.29 is 34.5 Å². The summed E-state index contributed by atoms with van der Waals surface area (Å²) in [5.74, 6) is -3.52. The Labute approximate surface area is 172 Å². The van der Waals surface area contributed by atoms with Crippen LogP contribution in [0.5, 0.6) is 0 Å².